The number of carbonyl (C=O) groups excluding carboxylic acids is 2. The number of hydrogen-bond donors (Lipinski definition) is 0. The van der Waals surface area contributed by atoms with Gasteiger partial charge in [-0.3, -0.25) is 4.79 Å². The first-order chi connectivity index (χ1) is 15.7. The molecule has 0 fully saturated rings. The first kappa shape index (κ1) is 23.8. The molecule has 0 aliphatic heterocycles. The zero-order valence-electron chi connectivity index (χ0n) is 18.0. The number of halogens is 3. The molecule has 0 atom stereocenters. The highest BCUT2D eigenvalue weighted by Gasteiger charge is 2.31. The minimum absolute atomic E-state index is 0.00138. The maximum Gasteiger partial charge on any atom is 0.416 e. The van der Waals surface area contributed by atoms with E-state index in [0.29, 0.717) is 13.1 Å². The Kier molecular flexibility index (Phi) is 7.37. The zero-order valence-corrected chi connectivity index (χ0v) is 18.0. The Bertz CT molecular complexity index is 1110. The van der Waals surface area contributed by atoms with E-state index in [9.17, 15) is 22.8 Å². The summed E-state index contributed by atoms with van der Waals surface area (Å²) < 4.78 is 50.3. The molecule has 3 aromatic rings. The van der Waals surface area contributed by atoms with Gasteiger partial charge in [-0.2, -0.15) is 18.3 Å². The SMILES string of the molecule is CCN(Cc1ccccc1)C(=O)COC(=O)c1nn(-c2cccc(C(F)(F)F)c2)cc1OC. The van der Waals surface area contributed by atoms with Crippen molar-refractivity contribution < 1.29 is 32.2 Å². The van der Waals surface area contributed by atoms with Crippen molar-refractivity contribution in [1.29, 1.82) is 0 Å². The van der Waals surface area contributed by atoms with E-state index in [0.717, 1.165) is 22.4 Å². The van der Waals surface area contributed by atoms with Crippen LogP contribution in [0.2, 0.25) is 0 Å². The third kappa shape index (κ3) is 5.91. The standard InChI is InChI=1S/C23H22F3N3O4/c1-3-28(13-16-8-5-4-6-9-16)20(30)15-33-22(31)21-19(32-2)14-29(27-21)18-11-7-10-17(12-18)23(24,25)26/h4-12,14H,3,13,15H2,1-2H3. The molecule has 0 saturated carbocycles. The Morgan fingerprint density at radius 3 is 2.45 bits per heavy atom. The fourth-order valence-corrected chi connectivity index (χ4v) is 3.07. The number of hydrogen-bond acceptors (Lipinski definition) is 5. The number of rotatable bonds is 8. The lowest BCUT2D eigenvalue weighted by Crippen LogP contribution is -2.34. The third-order valence-electron chi connectivity index (χ3n) is 4.81. The van der Waals surface area contributed by atoms with Crippen LogP contribution >= 0.6 is 0 Å². The summed E-state index contributed by atoms with van der Waals surface area (Å²) in [6.45, 7) is 2.07. The van der Waals surface area contributed by atoms with Crippen LogP contribution in [0.5, 0.6) is 5.75 Å². The van der Waals surface area contributed by atoms with Gasteiger partial charge in [0, 0.05) is 13.1 Å². The maximum absolute atomic E-state index is 13.0. The molecule has 0 saturated heterocycles. The summed E-state index contributed by atoms with van der Waals surface area (Å²) in [5.74, 6) is -1.32. The van der Waals surface area contributed by atoms with Gasteiger partial charge >= 0.3 is 12.1 Å². The van der Waals surface area contributed by atoms with E-state index in [1.807, 2.05) is 37.3 Å². The van der Waals surface area contributed by atoms with E-state index in [1.54, 1.807) is 0 Å². The number of amides is 1. The number of aromatic nitrogens is 2. The number of nitrogens with zero attached hydrogens (tertiary/aromatic N) is 3. The highest BCUT2D eigenvalue weighted by atomic mass is 19.4. The van der Waals surface area contributed by atoms with Gasteiger partial charge in [0.15, 0.2) is 12.4 Å². The summed E-state index contributed by atoms with van der Waals surface area (Å²) in [4.78, 5) is 26.6. The lowest BCUT2D eigenvalue weighted by molar-refractivity contribution is -0.137. The second-order valence-electron chi connectivity index (χ2n) is 7.01. The molecule has 0 aliphatic carbocycles. The molecule has 0 aliphatic rings. The Morgan fingerprint density at radius 1 is 1.09 bits per heavy atom. The van der Waals surface area contributed by atoms with Gasteiger partial charge in [0.2, 0.25) is 5.69 Å². The molecule has 0 N–H and O–H groups in total. The summed E-state index contributed by atoms with van der Waals surface area (Å²) in [5, 5.41) is 4.01. The minimum Gasteiger partial charge on any atom is -0.493 e. The molecule has 0 radical (unpaired) electrons. The third-order valence-corrected chi connectivity index (χ3v) is 4.81. The highest BCUT2D eigenvalue weighted by Crippen LogP contribution is 2.30. The molecule has 1 heterocycles. The number of alkyl halides is 3. The average Bonchev–Trinajstić information content (AvgIpc) is 3.25. The number of ether oxygens (including phenoxy) is 2. The van der Waals surface area contributed by atoms with Crippen molar-refractivity contribution in [3.05, 3.63) is 77.6 Å². The van der Waals surface area contributed by atoms with Gasteiger partial charge in [0.1, 0.15) is 0 Å². The molecule has 0 bridgehead atoms. The maximum atomic E-state index is 13.0. The van der Waals surface area contributed by atoms with Crippen LogP contribution in [-0.4, -0.2) is 46.8 Å². The quantitative estimate of drug-likeness (QED) is 0.472. The summed E-state index contributed by atoms with van der Waals surface area (Å²) in [6, 6.07) is 13.8. The number of esters is 1. The normalized spacial score (nSPS) is 11.2. The van der Waals surface area contributed by atoms with Crippen LogP contribution in [0, 0.1) is 0 Å². The van der Waals surface area contributed by atoms with Crippen molar-refractivity contribution >= 4 is 11.9 Å². The fraction of sp³-hybridized carbons (Fsp3) is 0.261. The van der Waals surface area contributed by atoms with E-state index in [2.05, 4.69) is 5.10 Å². The largest absolute Gasteiger partial charge is 0.493 e. The summed E-state index contributed by atoms with van der Waals surface area (Å²) >= 11 is 0. The molecule has 1 aromatic heterocycles. The molecule has 3 rings (SSSR count). The van der Waals surface area contributed by atoms with Crippen LogP contribution in [0.3, 0.4) is 0 Å². The first-order valence-electron chi connectivity index (χ1n) is 10.0. The van der Waals surface area contributed by atoms with Gasteiger partial charge in [-0.05, 0) is 30.7 Å². The zero-order chi connectivity index (χ0) is 24.0. The molecular formula is C23H22F3N3O4. The summed E-state index contributed by atoms with van der Waals surface area (Å²) in [5.41, 5.74) is -0.102. The highest BCUT2D eigenvalue weighted by molar-refractivity contribution is 5.92. The van der Waals surface area contributed by atoms with E-state index >= 15 is 0 Å². The molecule has 2 aromatic carbocycles. The molecule has 0 spiro atoms. The summed E-state index contributed by atoms with van der Waals surface area (Å²) in [7, 11) is 1.29. The van der Waals surface area contributed by atoms with Crippen LogP contribution in [-0.2, 0) is 22.3 Å². The molecular weight excluding hydrogens is 439 g/mol. The van der Waals surface area contributed by atoms with Crippen LogP contribution in [0.1, 0.15) is 28.5 Å². The lowest BCUT2D eigenvalue weighted by atomic mass is 10.2. The predicted octanol–water partition coefficient (Wildman–Crippen LogP) is 4.11. The van der Waals surface area contributed by atoms with E-state index < -0.39 is 30.2 Å². The number of methoxy groups -OCH3 is 1. The lowest BCUT2D eigenvalue weighted by Gasteiger charge is -2.20. The van der Waals surface area contributed by atoms with Crippen LogP contribution in [0.15, 0.2) is 60.8 Å². The Balaban J connectivity index is 1.71. The Hall–Kier alpha value is -3.82. The van der Waals surface area contributed by atoms with Gasteiger partial charge in [-0.15, -0.1) is 0 Å². The van der Waals surface area contributed by atoms with Crippen molar-refractivity contribution in [3.8, 4) is 11.4 Å². The predicted molar refractivity (Wildman–Crippen MR) is 113 cm³/mol. The number of benzene rings is 2. The minimum atomic E-state index is -4.53. The molecule has 33 heavy (non-hydrogen) atoms. The van der Waals surface area contributed by atoms with Crippen molar-refractivity contribution in [2.24, 2.45) is 0 Å². The molecule has 10 heteroatoms. The smallest absolute Gasteiger partial charge is 0.416 e. The average molecular weight is 461 g/mol. The van der Waals surface area contributed by atoms with Crippen molar-refractivity contribution in [3.63, 3.8) is 0 Å². The van der Waals surface area contributed by atoms with Gasteiger partial charge < -0.3 is 14.4 Å². The van der Waals surface area contributed by atoms with Crippen molar-refractivity contribution in [2.75, 3.05) is 20.3 Å². The van der Waals surface area contributed by atoms with Gasteiger partial charge in [0.05, 0.1) is 24.6 Å². The number of carbonyl (C=O) groups is 2. The van der Waals surface area contributed by atoms with Crippen molar-refractivity contribution in [2.45, 2.75) is 19.6 Å². The fourth-order valence-electron chi connectivity index (χ4n) is 3.07. The Labute approximate surface area is 188 Å². The molecule has 0 unspecified atom stereocenters. The van der Waals surface area contributed by atoms with E-state index in [-0.39, 0.29) is 17.1 Å². The van der Waals surface area contributed by atoms with Crippen LogP contribution in [0.4, 0.5) is 13.2 Å². The molecule has 1 amide bonds. The second-order valence-corrected chi connectivity index (χ2v) is 7.01. The topological polar surface area (TPSA) is 73.7 Å². The first-order valence-corrected chi connectivity index (χ1v) is 10.0. The second kappa shape index (κ2) is 10.2. The molecule has 174 valence electrons. The van der Waals surface area contributed by atoms with Gasteiger partial charge in [-0.25, -0.2) is 9.48 Å². The monoisotopic (exact) mass is 461 g/mol. The Morgan fingerprint density at radius 2 is 1.82 bits per heavy atom. The van der Waals surface area contributed by atoms with Gasteiger partial charge in [-0.1, -0.05) is 36.4 Å². The van der Waals surface area contributed by atoms with Crippen molar-refractivity contribution in [1.82, 2.24) is 14.7 Å². The van der Waals surface area contributed by atoms with E-state index in [4.69, 9.17) is 9.47 Å². The molecule has 7 nitrogen and oxygen atoms in total. The number of likely N-dealkylation sites (N-methyl/N-ethyl adjacent to an activating group) is 1. The van der Waals surface area contributed by atoms with E-state index in [1.165, 1.54) is 30.3 Å². The summed E-state index contributed by atoms with van der Waals surface area (Å²) in [6.07, 6.45) is -3.26. The van der Waals surface area contributed by atoms with Gasteiger partial charge in [0.25, 0.3) is 5.91 Å². The van der Waals surface area contributed by atoms with Crippen LogP contribution in [0.25, 0.3) is 5.69 Å². The van der Waals surface area contributed by atoms with Crippen LogP contribution < -0.4 is 4.74 Å².